The van der Waals surface area contributed by atoms with Gasteiger partial charge in [-0.1, -0.05) is 40.2 Å². The number of thiazole rings is 1. The average Bonchev–Trinajstić information content (AvgIpc) is 3.06. The summed E-state index contributed by atoms with van der Waals surface area (Å²) in [6, 6.07) is 4.85. The molecule has 1 heterocycles. The lowest BCUT2D eigenvalue weighted by atomic mass is 9.49. The Morgan fingerprint density at radius 2 is 2.04 bits per heavy atom. The molecular weight excluding hydrogens is 364 g/mol. The molecule has 1 amide bonds. The van der Waals surface area contributed by atoms with Gasteiger partial charge in [0.25, 0.3) is 0 Å². The van der Waals surface area contributed by atoms with Gasteiger partial charge in [0, 0.05) is 16.4 Å². The number of carbonyl (C=O) groups is 1. The number of hydrogen-bond acceptors (Lipinski definition) is 3. The fourth-order valence-electron chi connectivity index (χ4n) is 6.02. The van der Waals surface area contributed by atoms with Gasteiger partial charge in [-0.2, -0.15) is 0 Å². The van der Waals surface area contributed by atoms with E-state index >= 15 is 0 Å². The summed E-state index contributed by atoms with van der Waals surface area (Å²) >= 11 is 1.71. The number of nitrogens with two attached hydrogens (primary N) is 1. The number of fused-ring (bicyclic) bond motifs is 3. The van der Waals surface area contributed by atoms with Crippen LogP contribution >= 0.6 is 11.3 Å². The average molecular weight is 397 g/mol. The topological polar surface area (TPSA) is 56.0 Å². The molecule has 4 heteroatoms. The minimum atomic E-state index is -0.404. The van der Waals surface area contributed by atoms with Crippen LogP contribution in [0.25, 0.3) is 11.3 Å². The Kier molecular flexibility index (Phi) is 4.69. The normalized spacial score (nSPS) is 29.4. The van der Waals surface area contributed by atoms with Crippen LogP contribution in [0, 0.1) is 18.3 Å². The Labute approximate surface area is 172 Å². The van der Waals surface area contributed by atoms with Gasteiger partial charge in [0.15, 0.2) is 0 Å². The summed E-state index contributed by atoms with van der Waals surface area (Å²) in [5.41, 5.74) is 12.2. The van der Waals surface area contributed by atoms with Crippen LogP contribution in [0.3, 0.4) is 0 Å². The van der Waals surface area contributed by atoms with Crippen LogP contribution in [0.1, 0.15) is 81.0 Å². The van der Waals surface area contributed by atoms with Crippen LogP contribution in [0.2, 0.25) is 0 Å². The Hall–Kier alpha value is -1.68. The van der Waals surface area contributed by atoms with Crippen LogP contribution in [0.5, 0.6) is 0 Å². The summed E-state index contributed by atoms with van der Waals surface area (Å²) in [4.78, 5) is 17.2. The van der Waals surface area contributed by atoms with E-state index in [0.717, 1.165) is 42.8 Å². The van der Waals surface area contributed by atoms with Crippen LogP contribution < -0.4 is 5.73 Å². The summed E-state index contributed by atoms with van der Waals surface area (Å²) in [7, 11) is 0. The number of primary amides is 1. The first-order valence-corrected chi connectivity index (χ1v) is 11.4. The van der Waals surface area contributed by atoms with Gasteiger partial charge >= 0.3 is 0 Å². The van der Waals surface area contributed by atoms with Crippen LogP contribution in [0.15, 0.2) is 17.5 Å². The van der Waals surface area contributed by atoms with E-state index in [2.05, 4.69) is 52.1 Å². The van der Waals surface area contributed by atoms with E-state index in [1.807, 2.05) is 0 Å². The Balaban J connectivity index is 1.91. The molecule has 1 aromatic carbocycles. The molecule has 1 aromatic heterocycles. The molecule has 150 valence electrons. The van der Waals surface area contributed by atoms with Crippen LogP contribution in [-0.4, -0.2) is 10.9 Å². The standard InChI is InChI=1S/C24H32N2OS/c1-14(2)17-11-16-7-8-21-23(4,9-6-10-24(21,5)22(25)27)19(16)12-18(17)20-13-28-15(3)26-20/h11-14,21H,6-10H2,1-5H3,(H2,25,27)/t21-,23-,24-/m1/s1. The number of nitrogens with zero attached hydrogens (tertiary/aromatic N) is 1. The number of benzene rings is 1. The fourth-order valence-corrected chi connectivity index (χ4v) is 6.63. The molecule has 0 bridgehead atoms. The molecule has 0 radical (unpaired) electrons. The largest absolute Gasteiger partial charge is 0.369 e. The quantitative estimate of drug-likeness (QED) is 0.719. The van der Waals surface area contributed by atoms with Crippen molar-refractivity contribution >= 4 is 17.2 Å². The molecule has 1 fully saturated rings. The van der Waals surface area contributed by atoms with Crippen LogP contribution in [0.4, 0.5) is 0 Å². The lowest BCUT2D eigenvalue weighted by molar-refractivity contribution is -0.135. The summed E-state index contributed by atoms with van der Waals surface area (Å²) in [6.45, 7) is 11.1. The van der Waals surface area contributed by atoms with Crippen molar-refractivity contribution in [1.82, 2.24) is 4.98 Å². The molecule has 2 N–H and O–H groups in total. The van der Waals surface area contributed by atoms with E-state index < -0.39 is 5.41 Å². The number of amides is 1. The van der Waals surface area contributed by atoms with Gasteiger partial charge in [0.05, 0.1) is 10.7 Å². The molecule has 3 nitrogen and oxygen atoms in total. The minimum Gasteiger partial charge on any atom is -0.369 e. The molecule has 1 saturated carbocycles. The number of aryl methyl sites for hydroxylation is 2. The lowest BCUT2D eigenvalue weighted by Gasteiger charge is -2.54. The number of carbonyl (C=O) groups excluding carboxylic acids is 1. The van der Waals surface area contributed by atoms with Crippen LogP contribution in [-0.2, 0) is 16.6 Å². The van der Waals surface area contributed by atoms with Gasteiger partial charge in [-0.25, -0.2) is 4.98 Å². The van der Waals surface area contributed by atoms with Gasteiger partial charge in [-0.05, 0) is 72.6 Å². The third kappa shape index (κ3) is 2.83. The van der Waals surface area contributed by atoms with E-state index in [-0.39, 0.29) is 11.3 Å². The molecule has 0 spiro atoms. The molecular formula is C24H32N2OS. The van der Waals surface area contributed by atoms with E-state index in [9.17, 15) is 4.79 Å². The Morgan fingerprint density at radius 3 is 2.64 bits per heavy atom. The predicted molar refractivity (Wildman–Crippen MR) is 117 cm³/mol. The molecule has 2 aromatic rings. The maximum atomic E-state index is 12.4. The SMILES string of the molecule is Cc1nc(-c2cc3c(cc2C(C)C)CC[C@H]2[C@](C)(C(N)=O)CCC[C@]32C)cs1. The van der Waals surface area contributed by atoms with Gasteiger partial charge in [-0.15, -0.1) is 11.3 Å². The first-order chi connectivity index (χ1) is 13.2. The molecule has 28 heavy (non-hydrogen) atoms. The highest BCUT2D eigenvalue weighted by Crippen LogP contribution is 2.57. The zero-order chi connectivity index (χ0) is 20.3. The van der Waals surface area contributed by atoms with Crippen molar-refractivity contribution < 1.29 is 4.79 Å². The minimum absolute atomic E-state index is 0.00490. The molecule has 0 aliphatic heterocycles. The summed E-state index contributed by atoms with van der Waals surface area (Å²) < 4.78 is 0. The highest BCUT2D eigenvalue weighted by molar-refractivity contribution is 7.09. The van der Waals surface area contributed by atoms with Crippen molar-refractivity contribution in [1.29, 1.82) is 0 Å². The monoisotopic (exact) mass is 396 g/mol. The summed E-state index contributed by atoms with van der Waals surface area (Å²) in [5.74, 6) is 0.643. The highest BCUT2D eigenvalue weighted by Gasteiger charge is 2.54. The Bertz CT molecular complexity index is 931. The lowest BCUT2D eigenvalue weighted by Crippen LogP contribution is -2.54. The maximum Gasteiger partial charge on any atom is 0.223 e. The highest BCUT2D eigenvalue weighted by atomic mass is 32.1. The van der Waals surface area contributed by atoms with E-state index in [1.54, 1.807) is 11.3 Å². The third-order valence-electron chi connectivity index (χ3n) is 7.60. The van der Waals surface area contributed by atoms with Crippen molar-refractivity contribution in [2.75, 3.05) is 0 Å². The molecule has 4 rings (SSSR count). The summed E-state index contributed by atoms with van der Waals surface area (Å²) in [6.07, 6.45) is 5.19. The van der Waals surface area contributed by atoms with Crippen molar-refractivity contribution in [2.24, 2.45) is 17.1 Å². The van der Waals surface area contributed by atoms with Gasteiger partial charge in [0.2, 0.25) is 5.91 Å². The first kappa shape index (κ1) is 19.6. The molecule has 0 unspecified atom stereocenters. The van der Waals surface area contributed by atoms with Gasteiger partial charge < -0.3 is 5.73 Å². The molecule has 3 atom stereocenters. The van der Waals surface area contributed by atoms with Gasteiger partial charge in [0.1, 0.15) is 0 Å². The first-order valence-electron chi connectivity index (χ1n) is 10.6. The second kappa shape index (κ2) is 6.69. The molecule has 0 saturated heterocycles. The van der Waals surface area contributed by atoms with E-state index in [1.165, 1.54) is 22.3 Å². The van der Waals surface area contributed by atoms with Crippen molar-refractivity contribution in [2.45, 2.75) is 78.1 Å². The number of aromatic nitrogens is 1. The van der Waals surface area contributed by atoms with Crippen molar-refractivity contribution in [3.05, 3.63) is 39.2 Å². The number of rotatable bonds is 3. The second-order valence-electron chi connectivity index (χ2n) is 9.65. The number of hydrogen-bond donors (Lipinski definition) is 1. The maximum absolute atomic E-state index is 12.4. The smallest absolute Gasteiger partial charge is 0.223 e. The zero-order valence-electron chi connectivity index (χ0n) is 17.8. The second-order valence-corrected chi connectivity index (χ2v) is 10.7. The molecule has 2 aliphatic carbocycles. The molecule has 2 aliphatic rings. The van der Waals surface area contributed by atoms with E-state index in [4.69, 9.17) is 10.7 Å². The summed E-state index contributed by atoms with van der Waals surface area (Å²) in [5, 5.41) is 3.28. The van der Waals surface area contributed by atoms with Gasteiger partial charge in [-0.3, -0.25) is 4.79 Å². The third-order valence-corrected chi connectivity index (χ3v) is 8.38. The Morgan fingerprint density at radius 1 is 1.29 bits per heavy atom. The van der Waals surface area contributed by atoms with Crippen molar-refractivity contribution in [3.8, 4) is 11.3 Å². The zero-order valence-corrected chi connectivity index (χ0v) is 18.6. The van der Waals surface area contributed by atoms with E-state index in [0.29, 0.717) is 11.8 Å². The predicted octanol–water partition coefficient (Wildman–Crippen LogP) is 5.74. The fraction of sp³-hybridized carbons (Fsp3) is 0.583. The van der Waals surface area contributed by atoms with Crippen molar-refractivity contribution in [3.63, 3.8) is 0 Å².